The smallest absolute Gasteiger partial charge is 0.311 e. The molecule has 0 aromatic heterocycles. The summed E-state index contributed by atoms with van der Waals surface area (Å²) < 4.78 is 5.96. The second-order valence-electron chi connectivity index (χ2n) is 10.8. The molecule has 3 nitrogen and oxygen atoms in total. The number of fused-ring (bicyclic) bond motifs is 2. The van der Waals surface area contributed by atoms with Crippen LogP contribution < -0.4 is 0 Å². The molecule has 5 atom stereocenters. The van der Waals surface area contributed by atoms with Crippen LogP contribution in [0.3, 0.4) is 0 Å². The molecule has 0 spiro atoms. The number of allylic oxidation sites excluding steroid dienone is 1. The van der Waals surface area contributed by atoms with Crippen molar-refractivity contribution in [3.8, 4) is 0 Å². The summed E-state index contributed by atoms with van der Waals surface area (Å²) in [6.07, 6.45) is 11.2. The molecule has 1 aromatic carbocycles. The standard InChI is InChI=1S/C27H37NO2/c1-19-7-6-12-27(2)17-25-22(16-24(19)27)23(26(29)30-25)18-28-13-10-21(11-14-28)15-20-8-4-3-5-9-20/h3-5,8-9,16,19,21-23,25H,6-7,10-15,17-18H2,1-2H3/t19-,22+,23-,25-,27+/m1/s1. The summed E-state index contributed by atoms with van der Waals surface area (Å²) in [6, 6.07) is 10.9. The van der Waals surface area contributed by atoms with E-state index in [4.69, 9.17) is 4.74 Å². The van der Waals surface area contributed by atoms with E-state index in [0.717, 1.165) is 32.0 Å². The van der Waals surface area contributed by atoms with Crippen LogP contribution in [-0.2, 0) is 16.0 Å². The van der Waals surface area contributed by atoms with E-state index in [1.165, 1.54) is 44.1 Å². The van der Waals surface area contributed by atoms with E-state index in [0.29, 0.717) is 11.8 Å². The van der Waals surface area contributed by atoms with Crippen LogP contribution in [0.4, 0.5) is 0 Å². The van der Waals surface area contributed by atoms with Crippen LogP contribution in [0, 0.1) is 29.1 Å². The summed E-state index contributed by atoms with van der Waals surface area (Å²) in [5.74, 6) is 1.82. The second-order valence-corrected chi connectivity index (χ2v) is 10.8. The van der Waals surface area contributed by atoms with Gasteiger partial charge in [-0.1, -0.05) is 62.2 Å². The topological polar surface area (TPSA) is 29.5 Å². The van der Waals surface area contributed by atoms with Crippen molar-refractivity contribution in [1.29, 1.82) is 0 Å². The number of hydrogen-bond donors (Lipinski definition) is 0. The second kappa shape index (κ2) is 8.15. The number of rotatable bonds is 4. The summed E-state index contributed by atoms with van der Waals surface area (Å²) >= 11 is 0. The third-order valence-corrected chi connectivity index (χ3v) is 8.61. The molecule has 162 valence electrons. The van der Waals surface area contributed by atoms with Gasteiger partial charge in [-0.2, -0.15) is 0 Å². The maximum atomic E-state index is 12.8. The molecule has 4 aliphatic rings. The number of nitrogens with zero attached hydrogens (tertiary/aromatic N) is 1. The monoisotopic (exact) mass is 407 g/mol. The van der Waals surface area contributed by atoms with Gasteiger partial charge in [0.15, 0.2) is 0 Å². The van der Waals surface area contributed by atoms with Crippen molar-refractivity contribution in [3.63, 3.8) is 0 Å². The minimum Gasteiger partial charge on any atom is -0.461 e. The first-order chi connectivity index (χ1) is 14.5. The van der Waals surface area contributed by atoms with Crippen LogP contribution >= 0.6 is 0 Å². The Bertz CT molecular complexity index is 794. The lowest BCUT2D eigenvalue weighted by atomic mass is 9.59. The van der Waals surface area contributed by atoms with E-state index >= 15 is 0 Å². The molecule has 0 unspecified atom stereocenters. The SMILES string of the molecule is C[C@@H]1CCC[C@@]2(C)C[C@H]3OC(=O)[C@H](CN4CCC(Cc5ccccc5)CC4)[C@@H]3C=C12. The van der Waals surface area contributed by atoms with Gasteiger partial charge in [-0.3, -0.25) is 4.79 Å². The van der Waals surface area contributed by atoms with Gasteiger partial charge in [-0.05, 0) is 74.4 Å². The minimum atomic E-state index is 0.0341. The molecule has 0 bridgehead atoms. The quantitative estimate of drug-likeness (QED) is 0.504. The predicted molar refractivity (Wildman–Crippen MR) is 120 cm³/mol. The van der Waals surface area contributed by atoms with Crippen molar-refractivity contribution in [1.82, 2.24) is 4.90 Å². The number of hydrogen-bond acceptors (Lipinski definition) is 3. The number of carbonyl (C=O) groups excluding carboxylic acids is 1. The fraction of sp³-hybridized carbons (Fsp3) is 0.667. The summed E-state index contributed by atoms with van der Waals surface area (Å²) in [7, 11) is 0. The lowest BCUT2D eigenvalue weighted by molar-refractivity contribution is -0.145. The minimum absolute atomic E-state index is 0.0341. The molecular formula is C27H37NO2. The zero-order chi connectivity index (χ0) is 20.7. The van der Waals surface area contributed by atoms with Gasteiger partial charge in [0.05, 0.1) is 5.92 Å². The van der Waals surface area contributed by atoms with E-state index in [-0.39, 0.29) is 23.4 Å². The highest BCUT2D eigenvalue weighted by Crippen LogP contribution is 2.54. The molecule has 2 heterocycles. The van der Waals surface area contributed by atoms with Crippen molar-refractivity contribution in [2.24, 2.45) is 29.1 Å². The highest BCUT2D eigenvalue weighted by Gasteiger charge is 2.52. The van der Waals surface area contributed by atoms with Crippen molar-refractivity contribution >= 4 is 5.97 Å². The Hall–Kier alpha value is -1.61. The van der Waals surface area contributed by atoms with Crippen molar-refractivity contribution < 1.29 is 9.53 Å². The van der Waals surface area contributed by atoms with Crippen LogP contribution in [0.25, 0.3) is 0 Å². The molecule has 0 radical (unpaired) electrons. The number of benzene rings is 1. The lowest BCUT2D eigenvalue weighted by Crippen LogP contribution is -2.42. The van der Waals surface area contributed by atoms with Gasteiger partial charge in [0, 0.05) is 12.5 Å². The number of carbonyl (C=O) groups is 1. The molecule has 1 aromatic rings. The van der Waals surface area contributed by atoms with Crippen LogP contribution in [0.5, 0.6) is 0 Å². The zero-order valence-corrected chi connectivity index (χ0v) is 18.7. The van der Waals surface area contributed by atoms with Gasteiger partial charge < -0.3 is 9.64 Å². The van der Waals surface area contributed by atoms with Crippen molar-refractivity contribution in [2.45, 2.75) is 64.9 Å². The van der Waals surface area contributed by atoms with Gasteiger partial charge in [-0.25, -0.2) is 0 Å². The molecule has 0 amide bonds. The van der Waals surface area contributed by atoms with Gasteiger partial charge in [0.25, 0.3) is 0 Å². The Morgan fingerprint density at radius 3 is 2.67 bits per heavy atom. The Kier molecular flexibility index (Phi) is 5.51. The number of ether oxygens (including phenoxy) is 1. The summed E-state index contributed by atoms with van der Waals surface area (Å²) in [5.41, 5.74) is 3.33. The highest BCUT2D eigenvalue weighted by molar-refractivity contribution is 5.76. The van der Waals surface area contributed by atoms with Crippen LogP contribution in [0.2, 0.25) is 0 Å². The van der Waals surface area contributed by atoms with Gasteiger partial charge in [-0.15, -0.1) is 0 Å². The average molecular weight is 408 g/mol. The van der Waals surface area contributed by atoms with Crippen LogP contribution in [-0.4, -0.2) is 36.6 Å². The molecule has 2 aliphatic carbocycles. The third kappa shape index (κ3) is 3.86. The fourth-order valence-electron chi connectivity index (χ4n) is 6.86. The molecule has 1 saturated carbocycles. The first kappa shape index (κ1) is 20.3. The number of piperidine rings is 1. The molecule has 3 heteroatoms. The van der Waals surface area contributed by atoms with E-state index in [2.05, 4.69) is 55.2 Å². The maximum Gasteiger partial charge on any atom is 0.311 e. The van der Waals surface area contributed by atoms with Crippen LogP contribution in [0.1, 0.15) is 57.9 Å². The Morgan fingerprint density at radius 1 is 1.13 bits per heavy atom. The average Bonchev–Trinajstić information content (AvgIpc) is 3.02. The fourth-order valence-corrected chi connectivity index (χ4v) is 6.86. The summed E-state index contributed by atoms with van der Waals surface area (Å²) in [4.78, 5) is 15.4. The van der Waals surface area contributed by atoms with Crippen LogP contribution in [0.15, 0.2) is 42.0 Å². The summed E-state index contributed by atoms with van der Waals surface area (Å²) in [6.45, 7) is 7.90. The molecule has 30 heavy (non-hydrogen) atoms. The van der Waals surface area contributed by atoms with E-state index in [9.17, 15) is 4.79 Å². The Morgan fingerprint density at radius 2 is 1.90 bits per heavy atom. The van der Waals surface area contributed by atoms with Crippen molar-refractivity contribution in [2.75, 3.05) is 19.6 Å². The molecule has 2 aliphatic heterocycles. The molecule has 5 rings (SSSR count). The normalized spacial score (nSPS) is 37.3. The maximum absolute atomic E-state index is 12.8. The number of likely N-dealkylation sites (tertiary alicyclic amines) is 1. The molecule has 3 fully saturated rings. The third-order valence-electron chi connectivity index (χ3n) is 8.61. The van der Waals surface area contributed by atoms with Gasteiger partial charge in [0.1, 0.15) is 6.10 Å². The van der Waals surface area contributed by atoms with E-state index < -0.39 is 0 Å². The first-order valence-corrected chi connectivity index (χ1v) is 12.2. The van der Waals surface area contributed by atoms with Gasteiger partial charge in [0.2, 0.25) is 0 Å². The lowest BCUT2D eigenvalue weighted by Gasteiger charge is -2.46. The molecule has 2 saturated heterocycles. The summed E-state index contributed by atoms with van der Waals surface area (Å²) in [5, 5.41) is 0. The molecular weight excluding hydrogens is 370 g/mol. The zero-order valence-electron chi connectivity index (χ0n) is 18.7. The highest BCUT2D eigenvalue weighted by atomic mass is 16.6. The molecule has 0 N–H and O–H groups in total. The largest absolute Gasteiger partial charge is 0.461 e. The number of esters is 1. The van der Waals surface area contributed by atoms with E-state index in [1.54, 1.807) is 5.57 Å². The predicted octanol–water partition coefficient (Wildman–Crippen LogP) is 5.26. The Labute approximate surface area is 181 Å². The van der Waals surface area contributed by atoms with Crippen molar-refractivity contribution in [3.05, 3.63) is 47.5 Å². The van der Waals surface area contributed by atoms with E-state index in [1.807, 2.05) is 0 Å². The van der Waals surface area contributed by atoms with Gasteiger partial charge >= 0.3 is 5.97 Å². The Balaban J connectivity index is 1.22. The first-order valence-electron chi connectivity index (χ1n) is 12.2.